The molecule has 1 aromatic carbocycles. The van der Waals surface area contributed by atoms with Gasteiger partial charge >= 0.3 is 0 Å². The minimum Gasteiger partial charge on any atom is -0.497 e. The molecule has 0 fully saturated rings. The zero-order valence-electron chi connectivity index (χ0n) is 19.2. The van der Waals surface area contributed by atoms with Crippen LogP contribution in [0.4, 0.5) is 5.82 Å². The minimum atomic E-state index is 0. The van der Waals surface area contributed by atoms with Crippen molar-refractivity contribution >= 4 is 35.8 Å². The molecular weight excluding hydrogens is 519 g/mol. The summed E-state index contributed by atoms with van der Waals surface area (Å²) in [6, 6.07) is 13.9. The van der Waals surface area contributed by atoms with Crippen LogP contribution in [0.3, 0.4) is 0 Å². The molecule has 3 rings (SSSR count). The van der Waals surface area contributed by atoms with Crippen molar-refractivity contribution in [3.8, 4) is 5.75 Å². The van der Waals surface area contributed by atoms with Crippen LogP contribution < -0.4 is 20.3 Å². The van der Waals surface area contributed by atoms with Gasteiger partial charge in [-0.2, -0.15) is 0 Å². The van der Waals surface area contributed by atoms with Gasteiger partial charge in [0.25, 0.3) is 0 Å². The number of nitrogens with one attached hydrogen (secondary N) is 2. The van der Waals surface area contributed by atoms with Gasteiger partial charge in [-0.05, 0) is 36.8 Å². The number of hydrogen-bond acceptors (Lipinski definition) is 6. The van der Waals surface area contributed by atoms with E-state index < -0.39 is 0 Å². The van der Waals surface area contributed by atoms with E-state index in [0.29, 0.717) is 25.6 Å². The van der Waals surface area contributed by atoms with Crippen LogP contribution in [0, 0.1) is 6.92 Å². The van der Waals surface area contributed by atoms with E-state index in [1.807, 2.05) is 80.0 Å². The predicted octanol–water partition coefficient (Wildman–Crippen LogP) is 2.65. The van der Waals surface area contributed by atoms with Crippen LogP contribution in [0.1, 0.15) is 22.9 Å². The van der Waals surface area contributed by atoms with Crippen molar-refractivity contribution in [2.24, 2.45) is 12.0 Å². The maximum atomic E-state index is 5.22. The third-order valence-corrected chi connectivity index (χ3v) is 4.86. The number of aromatic nitrogens is 4. The fraction of sp³-hybridized carbons (Fsp3) is 0.364. The minimum absolute atomic E-state index is 0. The first-order valence-corrected chi connectivity index (χ1v) is 10.1. The second-order valence-corrected chi connectivity index (χ2v) is 7.32. The lowest BCUT2D eigenvalue weighted by Gasteiger charge is -2.15. The molecule has 0 aliphatic carbocycles. The Morgan fingerprint density at radius 3 is 2.41 bits per heavy atom. The van der Waals surface area contributed by atoms with Crippen LogP contribution in [0.2, 0.25) is 0 Å². The predicted molar refractivity (Wildman–Crippen MR) is 138 cm³/mol. The Hall–Kier alpha value is -2.89. The highest BCUT2D eigenvalue weighted by atomic mass is 127. The van der Waals surface area contributed by atoms with Gasteiger partial charge in [0.15, 0.2) is 11.8 Å². The van der Waals surface area contributed by atoms with Crippen LogP contribution in [0.25, 0.3) is 0 Å². The summed E-state index contributed by atoms with van der Waals surface area (Å²) < 4.78 is 7.18. The summed E-state index contributed by atoms with van der Waals surface area (Å²) >= 11 is 0. The molecule has 0 saturated heterocycles. The molecular formula is C22H31IN8O. The molecule has 0 bridgehead atoms. The largest absolute Gasteiger partial charge is 0.497 e. The van der Waals surface area contributed by atoms with Crippen molar-refractivity contribution in [3.63, 3.8) is 0 Å². The number of aryl methyl sites for hydroxylation is 1. The van der Waals surface area contributed by atoms with E-state index >= 15 is 0 Å². The van der Waals surface area contributed by atoms with Crippen molar-refractivity contribution in [1.29, 1.82) is 0 Å². The topological polar surface area (TPSA) is 92.5 Å². The van der Waals surface area contributed by atoms with Crippen molar-refractivity contribution in [1.82, 2.24) is 30.4 Å². The molecule has 10 heteroatoms. The lowest BCUT2D eigenvalue weighted by atomic mass is 10.2. The molecule has 0 atom stereocenters. The molecule has 0 aliphatic heterocycles. The van der Waals surface area contributed by atoms with Gasteiger partial charge in [-0.3, -0.25) is 0 Å². The van der Waals surface area contributed by atoms with E-state index in [-0.39, 0.29) is 24.0 Å². The van der Waals surface area contributed by atoms with E-state index in [1.54, 1.807) is 7.11 Å². The van der Waals surface area contributed by atoms with Gasteiger partial charge in [0, 0.05) is 21.1 Å². The summed E-state index contributed by atoms with van der Waals surface area (Å²) in [5.74, 6) is 4.12. The zero-order chi connectivity index (χ0) is 22.2. The highest BCUT2D eigenvalue weighted by Crippen LogP contribution is 2.12. The molecule has 0 aliphatic rings. The van der Waals surface area contributed by atoms with Gasteiger partial charge < -0.3 is 24.8 Å². The van der Waals surface area contributed by atoms with Crippen LogP contribution in [-0.4, -0.2) is 46.9 Å². The number of halogens is 1. The van der Waals surface area contributed by atoms with Crippen molar-refractivity contribution in [2.75, 3.05) is 26.1 Å². The molecule has 9 nitrogen and oxygen atoms in total. The highest BCUT2D eigenvalue weighted by molar-refractivity contribution is 14.0. The summed E-state index contributed by atoms with van der Waals surface area (Å²) in [6.07, 6.45) is 0. The molecule has 2 aromatic heterocycles. The number of hydrogen-bond donors (Lipinski definition) is 2. The molecule has 0 spiro atoms. The summed E-state index contributed by atoms with van der Waals surface area (Å²) in [6.45, 7) is 3.52. The molecule has 172 valence electrons. The van der Waals surface area contributed by atoms with Crippen molar-refractivity contribution in [2.45, 2.75) is 26.6 Å². The van der Waals surface area contributed by atoms with Crippen LogP contribution in [0.15, 0.2) is 47.5 Å². The highest BCUT2D eigenvalue weighted by Gasteiger charge is 2.07. The number of ether oxygens (including phenoxy) is 1. The number of pyridine rings is 1. The summed E-state index contributed by atoms with van der Waals surface area (Å²) in [4.78, 5) is 11.4. The van der Waals surface area contributed by atoms with E-state index in [1.165, 1.54) is 0 Å². The number of anilines is 1. The van der Waals surface area contributed by atoms with Crippen LogP contribution in [0.5, 0.6) is 5.75 Å². The van der Waals surface area contributed by atoms with Crippen molar-refractivity contribution in [3.05, 3.63) is 65.4 Å². The lowest BCUT2D eigenvalue weighted by Crippen LogP contribution is -2.37. The smallest absolute Gasteiger partial charge is 0.192 e. The number of rotatable bonds is 8. The fourth-order valence-corrected chi connectivity index (χ4v) is 2.83. The Bertz CT molecular complexity index is 1020. The van der Waals surface area contributed by atoms with E-state index in [0.717, 1.165) is 34.5 Å². The van der Waals surface area contributed by atoms with E-state index in [4.69, 9.17) is 9.73 Å². The Kier molecular flexibility index (Phi) is 9.69. The first-order chi connectivity index (χ1) is 15.0. The maximum absolute atomic E-state index is 5.22. The monoisotopic (exact) mass is 550 g/mol. The Morgan fingerprint density at radius 2 is 1.78 bits per heavy atom. The van der Waals surface area contributed by atoms with Gasteiger partial charge in [-0.15, -0.1) is 34.2 Å². The maximum Gasteiger partial charge on any atom is 0.192 e. The number of guanidine groups is 1. The first kappa shape index (κ1) is 25.4. The first-order valence-electron chi connectivity index (χ1n) is 10.1. The Labute approximate surface area is 206 Å². The molecule has 0 radical (unpaired) electrons. The number of methoxy groups -OCH3 is 1. The molecule has 32 heavy (non-hydrogen) atoms. The van der Waals surface area contributed by atoms with E-state index in [9.17, 15) is 0 Å². The molecule has 2 heterocycles. The second kappa shape index (κ2) is 12.2. The summed E-state index contributed by atoms with van der Waals surface area (Å²) in [5, 5.41) is 15.0. The average Bonchev–Trinajstić information content (AvgIpc) is 3.11. The van der Waals surface area contributed by atoms with Crippen LogP contribution in [-0.2, 0) is 26.7 Å². The SMILES string of the molecule is COc1ccc(CN=C(NCc2cccc(N(C)C)n2)NCc2nnc(C)n2C)cc1.I. The normalized spacial score (nSPS) is 11.0. The molecule has 0 unspecified atom stereocenters. The average molecular weight is 550 g/mol. The van der Waals surface area contributed by atoms with Gasteiger partial charge in [-0.25, -0.2) is 9.98 Å². The third-order valence-electron chi connectivity index (χ3n) is 4.86. The Balaban J connectivity index is 0.00000363. The third kappa shape index (κ3) is 7.08. The molecule has 0 saturated carbocycles. The second-order valence-electron chi connectivity index (χ2n) is 7.32. The summed E-state index contributed by atoms with van der Waals surface area (Å²) in [7, 11) is 7.56. The molecule has 2 N–H and O–H groups in total. The number of aliphatic imine (C=N–C) groups is 1. The quantitative estimate of drug-likeness (QED) is 0.253. The van der Waals surface area contributed by atoms with Gasteiger partial charge in [0.1, 0.15) is 17.4 Å². The molecule has 0 amide bonds. The number of nitrogens with zero attached hydrogens (tertiary/aromatic N) is 6. The van der Waals surface area contributed by atoms with Gasteiger partial charge in [0.2, 0.25) is 0 Å². The van der Waals surface area contributed by atoms with Crippen molar-refractivity contribution < 1.29 is 4.74 Å². The molecule has 3 aromatic rings. The van der Waals surface area contributed by atoms with Gasteiger partial charge in [0.05, 0.1) is 32.4 Å². The fourth-order valence-electron chi connectivity index (χ4n) is 2.83. The zero-order valence-corrected chi connectivity index (χ0v) is 21.5. The standard InChI is InChI=1S/C22H30N8O.HI/c1-16-27-28-21(30(16)4)15-25-22(23-13-17-9-11-19(31-5)12-10-17)24-14-18-7-6-8-20(26-18)29(2)3;/h6-12H,13-15H2,1-5H3,(H2,23,24,25);1H. The lowest BCUT2D eigenvalue weighted by molar-refractivity contribution is 0.414. The summed E-state index contributed by atoms with van der Waals surface area (Å²) in [5.41, 5.74) is 2.02. The van der Waals surface area contributed by atoms with E-state index in [2.05, 4.69) is 25.8 Å². The van der Waals surface area contributed by atoms with Crippen LogP contribution >= 0.6 is 24.0 Å². The Morgan fingerprint density at radius 1 is 1.06 bits per heavy atom. The van der Waals surface area contributed by atoms with Gasteiger partial charge in [-0.1, -0.05) is 18.2 Å². The number of benzene rings is 1.